The first-order valence-corrected chi connectivity index (χ1v) is 10.3. The summed E-state index contributed by atoms with van der Waals surface area (Å²) < 4.78 is 11.1. The number of amides is 2. The second kappa shape index (κ2) is 9.11. The molecule has 2 amide bonds. The molecule has 1 atom stereocenters. The Labute approximate surface area is 175 Å². The molecule has 158 valence electrons. The summed E-state index contributed by atoms with van der Waals surface area (Å²) in [6, 6.07) is 9.59. The topological polar surface area (TPSA) is 93.6 Å². The van der Waals surface area contributed by atoms with Crippen LogP contribution in [0.2, 0.25) is 0 Å². The zero-order chi connectivity index (χ0) is 20.9. The molecule has 2 aliphatic rings. The van der Waals surface area contributed by atoms with Crippen LogP contribution in [-0.2, 0) is 9.59 Å². The minimum Gasteiger partial charge on any atom is -0.477 e. The minimum atomic E-state index is -0.310. The molecule has 1 aromatic carbocycles. The van der Waals surface area contributed by atoms with Crippen LogP contribution in [0.1, 0.15) is 32.1 Å². The summed E-state index contributed by atoms with van der Waals surface area (Å²) in [5.41, 5.74) is 0.842. The van der Waals surface area contributed by atoms with Crippen molar-refractivity contribution in [1.82, 2.24) is 15.3 Å². The van der Waals surface area contributed by atoms with Gasteiger partial charge in [0.1, 0.15) is 6.10 Å². The molecule has 8 heteroatoms. The van der Waals surface area contributed by atoms with Gasteiger partial charge in [0, 0.05) is 37.1 Å². The summed E-state index contributed by atoms with van der Waals surface area (Å²) in [6.07, 6.45) is 6.67. The lowest BCUT2D eigenvalue weighted by Crippen LogP contribution is -2.43. The fourth-order valence-electron chi connectivity index (χ4n) is 4.08. The van der Waals surface area contributed by atoms with E-state index in [1.165, 1.54) is 7.11 Å². The second-order valence-corrected chi connectivity index (χ2v) is 7.71. The Morgan fingerprint density at radius 1 is 1.07 bits per heavy atom. The number of nitrogens with zero attached hydrogens (tertiary/aromatic N) is 3. The molecule has 0 spiro atoms. The average molecular weight is 410 g/mol. The number of ether oxygens (including phenoxy) is 2. The summed E-state index contributed by atoms with van der Waals surface area (Å²) >= 11 is 0. The molecule has 1 unspecified atom stereocenters. The maximum Gasteiger partial charge on any atom is 0.278 e. The van der Waals surface area contributed by atoms with Crippen molar-refractivity contribution in [3.8, 4) is 11.8 Å². The van der Waals surface area contributed by atoms with Gasteiger partial charge in [-0.15, -0.1) is 0 Å². The molecule has 1 saturated heterocycles. The summed E-state index contributed by atoms with van der Waals surface area (Å²) in [5.74, 6) is 0.424. The number of rotatable bonds is 6. The Kier molecular flexibility index (Phi) is 6.11. The molecule has 4 rings (SSSR count). The van der Waals surface area contributed by atoms with Gasteiger partial charge in [-0.3, -0.25) is 9.59 Å². The van der Waals surface area contributed by atoms with Gasteiger partial charge >= 0.3 is 0 Å². The van der Waals surface area contributed by atoms with Crippen molar-refractivity contribution in [1.29, 1.82) is 0 Å². The molecule has 1 N–H and O–H groups in total. The number of benzene rings is 1. The fraction of sp³-hybridized carbons (Fsp3) is 0.455. The lowest BCUT2D eigenvalue weighted by atomic mass is 9.92. The van der Waals surface area contributed by atoms with Gasteiger partial charge in [0.05, 0.1) is 13.0 Å². The Morgan fingerprint density at radius 3 is 2.47 bits per heavy atom. The molecular formula is C22H26N4O4. The predicted octanol–water partition coefficient (Wildman–Crippen LogP) is 2.34. The molecule has 30 heavy (non-hydrogen) atoms. The van der Waals surface area contributed by atoms with Gasteiger partial charge in [-0.1, -0.05) is 18.2 Å². The van der Waals surface area contributed by atoms with Gasteiger partial charge in [0.15, 0.2) is 0 Å². The summed E-state index contributed by atoms with van der Waals surface area (Å²) in [5, 5.41) is 3.13. The van der Waals surface area contributed by atoms with Crippen LogP contribution in [-0.4, -0.2) is 47.6 Å². The number of para-hydroxylation sites is 1. The van der Waals surface area contributed by atoms with Crippen molar-refractivity contribution in [3.63, 3.8) is 0 Å². The number of aromatic nitrogens is 2. The molecule has 0 bridgehead atoms. The number of anilines is 1. The van der Waals surface area contributed by atoms with Crippen molar-refractivity contribution in [2.75, 3.05) is 18.6 Å². The monoisotopic (exact) mass is 410 g/mol. The minimum absolute atomic E-state index is 0.00336. The number of hydrogen-bond donors (Lipinski definition) is 1. The Hall–Kier alpha value is -3.16. The van der Waals surface area contributed by atoms with Gasteiger partial charge in [-0.25, -0.2) is 9.97 Å². The summed E-state index contributed by atoms with van der Waals surface area (Å²) in [6.45, 7) is 0.430. The maximum absolute atomic E-state index is 12.7. The van der Waals surface area contributed by atoms with E-state index in [-0.39, 0.29) is 36.3 Å². The second-order valence-electron chi connectivity index (χ2n) is 7.71. The molecule has 2 fully saturated rings. The average Bonchev–Trinajstić information content (AvgIpc) is 3.18. The molecular weight excluding hydrogens is 384 g/mol. The van der Waals surface area contributed by atoms with Crippen molar-refractivity contribution in [2.24, 2.45) is 5.92 Å². The molecule has 1 aromatic heterocycles. The van der Waals surface area contributed by atoms with E-state index in [4.69, 9.17) is 9.47 Å². The zero-order valence-electron chi connectivity index (χ0n) is 17.0. The largest absolute Gasteiger partial charge is 0.477 e. The van der Waals surface area contributed by atoms with Crippen LogP contribution < -0.4 is 19.7 Å². The Morgan fingerprint density at radius 2 is 1.77 bits per heavy atom. The molecule has 0 radical (unpaired) electrons. The highest BCUT2D eigenvalue weighted by atomic mass is 16.5. The zero-order valence-corrected chi connectivity index (χ0v) is 17.0. The van der Waals surface area contributed by atoms with Gasteiger partial charge in [0.25, 0.3) is 11.8 Å². The Balaban J connectivity index is 1.26. The third-order valence-electron chi connectivity index (χ3n) is 5.69. The van der Waals surface area contributed by atoms with E-state index in [2.05, 4.69) is 15.3 Å². The van der Waals surface area contributed by atoms with Crippen molar-refractivity contribution >= 4 is 17.5 Å². The van der Waals surface area contributed by atoms with Crippen molar-refractivity contribution in [2.45, 2.75) is 44.2 Å². The normalized spacial score (nSPS) is 23.8. The SMILES string of the molecule is COc1nccnc1OC1CCC(NC(=O)C2CC(=O)N(c3ccccc3)C2)CC1. The van der Waals surface area contributed by atoms with Crippen LogP contribution in [0.3, 0.4) is 0 Å². The third-order valence-corrected chi connectivity index (χ3v) is 5.69. The van der Waals surface area contributed by atoms with Crippen LogP contribution in [0.15, 0.2) is 42.7 Å². The van der Waals surface area contributed by atoms with Crippen LogP contribution in [0.25, 0.3) is 0 Å². The first kappa shape index (κ1) is 20.1. The molecule has 1 saturated carbocycles. The number of hydrogen-bond acceptors (Lipinski definition) is 6. The summed E-state index contributed by atoms with van der Waals surface area (Å²) in [4.78, 5) is 35.1. The van der Waals surface area contributed by atoms with Gasteiger partial charge in [-0.05, 0) is 37.8 Å². The van der Waals surface area contributed by atoms with E-state index in [1.807, 2.05) is 30.3 Å². The van der Waals surface area contributed by atoms with Gasteiger partial charge < -0.3 is 19.7 Å². The van der Waals surface area contributed by atoms with E-state index in [0.717, 1.165) is 31.4 Å². The smallest absolute Gasteiger partial charge is 0.278 e. The number of carbonyl (C=O) groups is 2. The highest BCUT2D eigenvalue weighted by molar-refractivity contribution is 6.00. The Bertz CT molecular complexity index is 884. The predicted molar refractivity (Wildman–Crippen MR) is 110 cm³/mol. The van der Waals surface area contributed by atoms with Crippen molar-refractivity contribution in [3.05, 3.63) is 42.7 Å². The number of methoxy groups -OCH3 is 1. The molecule has 1 aliphatic heterocycles. The van der Waals surface area contributed by atoms with Crippen LogP contribution >= 0.6 is 0 Å². The quantitative estimate of drug-likeness (QED) is 0.786. The van der Waals surface area contributed by atoms with Crippen LogP contribution in [0.4, 0.5) is 5.69 Å². The number of carbonyl (C=O) groups excluding carboxylic acids is 2. The molecule has 2 heterocycles. The molecule has 8 nitrogen and oxygen atoms in total. The van der Waals surface area contributed by atoms with Gasteiger partial charge in [0.2, 0.25) is 11.8 Å². The first-order chi connectivity index (χ1) is 14.6. The van der Waals surface area contributed by atoms with E-state index in [9.17, 15) is 9.59 Å². The summed E-state index contributed by atoms with van der Waals surface area (Å²) in [7, 11) is 1.54. The lowest BCUT2D eigenvalue weighted by molar-refractivity contribution is -0.127. The molecule has 2 aromatic rings. The van der Waals surface area contributed by atoms with Crippen molar-refractivity contribution < 1.29 is 19.1 Å². The first-order valence-electron chi connectivity index (χ1n) is 10.3. The highest BCUT2D eigenvalue weighted by Crippen LogP contribution is 2.28. The maximum atomic E-state index is 12.7. The van der Waals surface area contributed by atoms with E-state index in [1.54, 1.807) is 17.3 Å². The van der Waals surface area contributed by atoms with E-state index < -0.39 is 0 Å². The van der Waals surface area contributed by atoms with Crippen LogP contribution in [0.5, 0.6) is 11.8 Å². The highest BCUT2D eigenvalue weighted by Gasteiger charge is 2.36. The fourth-order valence-corrected chi connectivity index (χ4v) is 4.08. The lowest BCUT2D eigenvalue weighted by Gasteiger charge is -2.30. The molecule has 1 aliphatic carbocycles. The van der Waals surface area contributed by atoms with Crippen LogP contribution in [0, 0.1) is 5.92 Å². The standard InChI is InChI=1S/C22H26N4O4/c1-29-21-22(24-12-11-23-21)30-18-9-7-16(8-10-18)25-20(28)15-13-19(27)26(14-15)17-5-3-2-4-6-17/h2-6,11-12,15-16,18H,7-10,13-14H2,1H3,(H,25,28). The number of nitrogens with one attached hydrogen (secondary N) is 1. The van der Waals surface area contributed by atoms with E-state index in [0.29, 0.717) is 18.3 Å². The third kappa shape index (κ3) is 4.53. The van der Waals surface area contributed by atoms with Gasteiger partial charge in [-0.2, -0.15) is 0 Å². The van der Waals surface area contributed by atoms with E-state index >= 15 is 0 Å².